The second-order valence-electron chi connectivity index (χ2n) is 4.20. The van der Waals surface area contributed by atoms with Gasteiger partial charge in [0.05, 0.1) is 0 Å². The standard InChI is InChI=1S/C13H20N2O2/c1-8-5-6-12(11(7-8)9(2)14)17-10(3)13(16)15-4/h5-7,9-10H,14H2,1-4H3,(H,15,16)/t9-,10?/m1/s1. The minimum absolute atomic E-state index is 0.123. The molecule has 1 amide bonds. The number of carbonyl (C=O) groups is 1. The summed E-state index contributed by atoms with van der Waals surface area (Å²) in [4.78, 5) is 11.4. The number of nitrogens with two attached hydrogens (primary N) is 1. The third-order valence-corrected chi connectivity index (χ3v) is 2.58. The molecule has 4 nitrogen and oxygen atoms in total. The molecule has 4 heteroatoms. The van der Waals surface area contributed by atoms with Gasteiger partial charge in [-0.2, -0.15) is 0 Å². The van der Waals surface area contributed by atoms with E-state index >= 15 is 0 Å². The van der Waals surface area contributed by atoms with E-state index < -0.39 is 6.10 Å². The highest BCUT2D eigenvalue weighted by Crippen LogP contribution is 2.25. The number of hydrogen-bond donors (Lipinski definition) is 2. The van der Waals surface area contributed by atoms with Crippen LogP contribution >= 0.6 is 0 Å². The van der Waals surface area contributed by atoms with E-state index in [2.05, 4.69) is 5.32 Å². The average molecular weight is 236 g/mol. The Morgan fingerprint density at radius 1 is 1.41 bits per heavy atom. The highest BCUT2D eigenvalue weighted by atomic mass is 16.5. The number of ether oxygens (including phenoxy) is 1. The number of benzene rings is 1. The molecule has 0 aliphatic rings. The fourth-order valence-corrected chi connectivity index (χ4v) is 1.58. The Hall–Kier alpha value is -1.55. The lowest BCUT2D eigenvalue weighted by Gasteiger charge is -2.18. The quantitative estimate of drug-likeness (QED) is 0.833. The summed E-state index contributed by atoms with van der Waals surface area (Å²) in [5.41, 5.74) is 7.93. The van der Waals surface area contributed by atoms with Crippen molar-refractivity contribution in [2.75, 3.05) is 7.05 Å². The fraction of sp³-hybridized carbons (Fsp3) is 0.462. The van der Waals surface area contributed by atoms with Crippen LogP contribution in [0.3, 0.4) is 0 Å². The van der Waals surface area contributed by atoms with Crippen molar-refractivity contribution in [3.63, 3.8) is 0 Å². The lowest BCUT2D eigenvalue weighted by atomic mass is 10.1. The lowest BCUT2D eigenvalue weighted by Crippen LogP contribution is -2.34. The van der Waals surface area contributed by atoms with Gasteiger partial charge >= 0.3 is 0 Å². The normalized spacial score (nSPS) is 13.9. The van der Waals surface area contributed by atoms with E-state index in [9.17, 15) is 4.79 Å². The van der Waals surface area contributed by atoms with Crippen LogP contribution < -0.4 is 15.8 Å². The molecular formula is C13H20N2O2. The van der Waals surface area contributed by atoms with Gasteiger partial charge in [0.2, 0.25) is 0 Å². The zero-order chi connectivity index (χ0) is 13.0. The highest BCUT2D eigenvalue weighted by molar-refractivity contribution is 5.80. The van der Waals surface area contributed by atoms with Crippen LogP contribution in [0, 0.1) is 6.92 Å². The molecule has 3 N–H and O–H groups in total. The number of hydrogen-bond acceptors (Lipinski definition) is 3. The molecule has 1 rings (SSSR count). The largest absolute Gasteiger partial charge is 0.481 e. The smallest absolute Gasteiger partial charge is 0.260 e. The Morgan fingerprint density at radius 3 is 2.59 bits per heavy atom. The van der Waals surface area contributed by atoms with Crippen LogP contribution in [0.15, 0.2) is 18.2 Å². The molecule has 0 aliphatic carbocycles. The number of carbonyl (C=O) groups excluding carboxylic acids is 1. The third-order valence-electron chi connectivity index (χ3n) is 2.58. The molecule has 17 heavy (non-hydrogen) atoms. The van der Waals surface area contributed by atoms with Gasteiger partial charge in [-0.05, 0) is 26.8 Å². The molecule has 0 bridgehead atoms. The van der Waals surface area contributed by atoms with Crippen LogP contribution in [-0.4, -0.2) is 19.1 Å². The number of nitrogens with one attached hydrogen (secondary N) is 1. The Labute approximate surface area is 102 Å². The van der Waals surface area contributed by atoms with Crippen LogP contribution in [0.1, 0.15) is 31.0 Å². The van der Waals surface area contributed by atoms with Gasteiger partial charge in [0.1, 0.15) is 5.75 Å². The van der Waals surface area contributed by atoms with Gasteiger partial charge in [0.15, 0.2) is 6.10 Å². The van der Waals surface area contributed by atoms with Crippen molar-refractivity contribution in [3.8, 4) is 5.75 Å². The molecule has 2 atom stereocenters. The summed E-state index contributed by atoms with van der Waals surface area (Å²) in [5, 5.41) is 2.55. The van der Waals surface area contributed by atoms with Crippen LogP contribution in [0.2, 0.25) is 0 Å². The number of aryl methyl sites for hydroxylation is 1. The van der Waals surface area contributed by atoms with Crippen molar-refractivity contribution in [2.45, 2.75) is 32.9 Å². The minimum Gasteiger partial charge on any atom is -0.481 e. The first-order chi connectivity index (χ1) is 7.95. The zero-order valence-electron chi connectivity index (χ0n) is 10.8. The third kappa shape index (κ3) is 3.46. The first kappa shape index (κ1) is 13.5. The van der Waals surface area contributed by atoms with Crippen LogP contribution in [-0.2, 0) is 4.79 Å². The second-order valence-corrected chi connectivity index (χ2v) is 4.20. The SMILES string of the molecule is CNC(=O)C(C)Oc1ccc(C)cc1[C@@H](C)N. The molecule has 0 heterocycles. The molecule has 0 fully saturated rings. The summed E-state index contributed by atoms with van der Waals surface area (Å²) in [7, 11) is 1.59. The van der Waals surface area contributed by atoms with Crippen molar-refractivity contribution < 1.29 is 9.53 Å². The molecule has 0 saturated carbocycles. The Balaban J connectivity index is 2.94. The second kappa shape index (κ2) is 5.68. The van der Waals surface area contributed by atoms with Gasteiger partial charge in [0.25, 0.3) is 5.91 Å². The van der Waals surface area contributed by atoms with E-state index in [0.717, 1.165) is 11.1 Å². The molecule has 94 valence electrons. The van der Waals surface area contributed by atoms with Gasteiger partial charge in [-0.1, -0.05) is 17.7 Å². The molecule has 1 unspecified atom stereocenters. The lowest BCUT2D eigenvalue weighted by molar-refractivity contribution is -0.126. The zero-order valence-corrected chi connectivity index (χ0v) is 10.8. The number of amides is 1. The molecular weight excluding hydrogens is 216 g/mol. The Kier molecular flexibility index (Phi) is 4.52. The van der Waals surface area contributed by atoms with E-state index in [1.807, 2.05) is 32.0 Å². The average Bonchev–Trinajstić information content (AvgIpc) is 2.29. The summed E-state index contributed by atoms with van der Waals surface area (Å²) in [6.45, 7) is 5.60. The van der Waals surface area contributed by atoms with Crippen molar-refractivity contribution >= 4 is 5.91 Å². The summed E-state index contributed by atoms with van der Waals surface area (Å²) in [6, 6.07) is 5.66. The van der Waals surface area contributed by atoms with Crippen molar-refractivity contribution in [1.82, 2.24) is 5.32 Å². The van der Waals surface area contributed by atoms with Crippen LogP contribution in [0.4, 0.5) is 0 Å². The highest BCUT2D eigenvalue weighted by Gasteiger charge is 2.16. The molecule has 0 radical (unpaired) electrons. The van der Waals surface area contributed by atoms with E-state index in [4.69, 9.17) is 10.5 Å². The van der Waals surface area contributed by atoms with Gasteiger partial charge in [-0.3, -0.25) is 4.79 Å². The maximum absolute atomic E-state index is 11.4. The van der Waals surface area contributed by atoms with Gasteiger partial charge in [-0.25, -0.2) is 0 Å². The summed E-state index contributed by atoms with van der Waals surface area (Å²) in [5.74, 6) is 0.517. The molecule has 1 aromatic carbocycles. The van der Waals surface area contributed by atoms with E-state index in [-0.39, 0.29) is 11.9 Å². The molecule has 0 saturated heterocycles. The topological polar surface area (TPSA) is 64.3 Å². The monoisotopic (exact) mass is 236 g/mol. The van der Waals surface area contributed by atoms with E-state index in [1.54, 1.807) is 14.0 Å². The maximum atomic E-state index is 11.4. The molecule has 0 aromatic heterocycles. The molecule has 0 aliphatic heterocycles. The molecule has 1 aromatic rings. The minimum atomic E-state index is -0.528. The van der Waals surface area contributed by atoms with Gasteiger partial charge < -0.3 is 15.8 Å². The summed E-state index contributed by atoms with van der Waals surface area (Å²) >= 11 is 0. The predicted molar refractivity (Wildman–Crippen MR) is 67.9 cm³/mol. The Bertz CT molecular complexity index is 402. The van der Waals surface area contributed by atoms with Crippen molar-refractivity contribution in [3.05, 3.63) is 29.3 Å². The van der Waals surface area contributed by atoms with Crippen molar-refractivity contribution in [1.29, 1.82) is 0 Å². The van der Waals surface area contributed by atoms with Gasteiger partial charge in [-0.15, -0.1) is 0 Å². The van der Waals surface area contributed by atoms with Gasteiger partial charge in [0, 0.05) is 18.7 Å². The molecule has 0 spiro atoms. The first-order valence-corrected chi connectivity index (χ1v) is 5.70. The summed E-state index contributed by atoms with van der Waals surface area (Å²) < 4.78 is 5.62. The van der Waals surface area contributed by atoms with Crippen molar-refractivity contribution in [2.24, 2.45) is 5.73 Å². The van der Waals surface area contributed by atoms with E-state index in [1.165, 1.54) is 0 Å². The van der Waals surface area contributed by atoms with Crippen LogP contribution in [0.5, 0.6) is 5.75 Å². The number of rotatable bonds is 4. The van der Waals surface area contributed by atoms with Crippen LogP contribution in [0.25, 0.3) is 0 Å². The fourth-order valence-electron chi connectivity index (χ4n) is 1.58. The predicted octanol–water partition coefficient (Wildman–Crippen LogP) is 1.53. The Morgan fingerprint density at radius 2 is 2.06 bits per heavy atom. The number of likely N-dealkylation sites (N-methyl/N-ethyl adjacent to an activating group) is 1. The summed E-state index contributed by atoms with van der Waals surface area (Å²) in [6.07, 6.45) is -0.528. The van der Waals surface area contributed by atoms with E-state index in [0.29, 0.717) is 5.75 Å². The first-order valence-electron chi connectivity index (χ1n) is 5.70. The maximum Gasteiger partial charge on any atom is 0.260 e.